The van der Waals surface area contributed by atoms with Crippen molar-refractivity contribution >= 4 is 0 Å². The van der Waals surface area contributed by atoms with Crippen LogP contribution in [0.1, 0.15) is 70.6 Å². The van der Waals surface area contributed by atoms with Gasteiger partial charge in [-0.1, -0.05) is 0 Å². The maximum Gasteiger partial charge on any atom is 0.0760 e. The summed E-state index contributed by atoms with van der Waals surface area (Å²) in [6, 6.07) is 0. The summed E-state index contributed by atoms with van der Waals surface area (Å²) in [6.07, 6.45) is 15.8. The normalized spacial score (nSPS) is 67.0. The van der Waals surface area contributed by atoms with Gasteiger partial charge in [-0.2, -0.15) is 0 Å². The highest BCUT2D eigenvalue weighted by atomic mass is 16.3. The van der Waals surface area contributed by atoms with Gasteiger partial charge in [0.2, 0.25) is 0 Å². The molecule has 8 saturated carbocycles. The van der Waals surface area contributed by atoms with E-state index in [9.17, 15) is 5.11 Å². The first kappa shape index (κ1) is 12.4. The fourth-order valence-corrected chi connectivity index (χ4v) is 9.37. The SMILES string of the molecule is OC1(C23CC4CC(CC(C4)C2)C3)C2CC3CC(C2)CC1C3. The lowest BCUT2D eigenvalue weighted by atomic mass is 9.37. The van der Waals surface area contributed by atoms with Crippen molar-refractivity contribution < 1.29 is 5.11 Å². The smallest absolute Gasteiger partial charge is 0.0760 e. The molecule has 1 N–H and O–H groups in total. The largest absolute Gasteiger partial charge is 0.389 e. The van der Waals surface area contributed by atoms with Gasteiger partial charge in [0.15, 0.2) is 0 Å². The zero-order chi connectivity index (χ0) is 13.8. The molecular formula is C20H30O. The molecule has 0 heterocycles. The Morgan fingerprint density at radius 3 is 1.33 bits per heavy atom. The van der Waals surface area contributed by atoms with E-state index in [1.165, 1.54) is 70.6 Å². The predicted octanol–water partition coefficient (Wildman–Crippen LogP) is 4.39. The van der Waals surface area contributed by atoms with Crippen molar-refractivity contribution in [2.45, 2.75) is 76.2 Å². The van der Waals surface area contributed by atoms with Crippen molar-refractivity contribution in [1.29, 1.82) is 0 Å². The van der Waals surface area contributed by atoms with Crippen LogP contribution in [0.4, 0.5) is 0 Å². The van der Waals surface area contributed by atoms with Crippen LogP contribution in [0.15, 0.2) is 0 Å². The Balaban J connectivity index is 1.44. The van der Waals surface area contributed by atoms with Gasteiger partial charge in [0.25, 0.3) is 0 Å². The molecule has 0 amide bonds. The third-order valence-electron chi connectivity index (χ3n) is 9.27. The molecule has 21 heavy (non-hydrogen) atoms. The monoisotopic (exact) mass is 286 g/mol. The summed E-state index contributed by atoms with van der Waals surface area (Å²) >= 11 is 0. The van der Waals surface area contributed by atoms with Gasteiger partial charge >= 0.3 is 0 Å². The molecule has 8 rings (SSSR count). The summed E-state index contributed by atoms with van der Waals surface area (Å²) in [7, 11) is 0. The van der Waals surface area contributed by atoms with E-state index in [1.54, 1.807) is 0 Å². The van der Waals surface area contributed by atoms with Gasteiger partial charge in [-0.05, 0) is 112 Å². The fourth-order valence-electron chi connectivity index (χ4n) is 9.37. The molecule has 116 valence electrons. The zero-order valence-electron chi connectivity index (χ0n) is 13.3. The van der Waals surface area contributed by atoms with E-state index in [0.717, 1.165) is 29.6 Å². The lowest BCUT2D eigenvalue weighted by Gasteiger charge is -2.70. The van der Waals surface area contributed by atoms with Crippen LogP contribution < -0.4 is 0 Å². The minimum atomic E-state index is -0.240. The average Bonchev–Trinajstić information content (AvgIpc) is 2.42. The molecule has 0 radical (unpaired) electrons. The summed E-state index contributed by atoms with van der Waals surface area (Å²) in [4.78, 5) is 0. The van der Waals surface area contributed by atoms with Crippen molar-refractivity contribution in [2.75, 3.05) is 0 Å². The Kier molecular flexibility index (Phi) is 2.19. The molecule has 8 aliphatic rings. The maximum absolute atomic E-state index is 12.2. The van der Waals surface area contributed by atoms with Crippen LogP contribution >= 0.6 is 0 Å². The van der Waals surface area contributed by atoms with Gasteiger partial charge in [0.05, 0.1) is 5.60 Å². The summed E-state index contributed by atoms with van der Waals surface area (Å²) in [5.74, 6) is 6.30. The van der Waals surface area contributed by atoms with Crippen LogP contribution in [0.3, 0.4) is 0 Å². The second kappa shape index (κ2) is 3.71. The van der Waals surface area contributed by atoms with E-state index in [4.69, 9.17) is 0 Å². The molecule has 8 aliphatic carbocycles. The Hall–Kier alpha value is -0.0400. The predicted molar refractivity (Wildman–Crippen MR) is 82.6 cm³/mol. The molecule has 1 heteroatoms. The summed E-state index contributed by atoms with van der Waals surface area (Å²) < 4.78 is 0. The van der Waals surface area contributed by atoms with Gasteiger partial charge in [0, 0.05) is 5.41 Å². The van der Waals surface area contributed by atoms with Crippen LogP contribution in [-0.4, -0.2) is 10.7 Å². The third kappa shape index (κ3) is 1.39. The van der Waals surface area contributed by atoms with Gasteiger partial charge < -0.3 is 5.11 Å². The molecule has 0 saturated heterocycles. The molecule has 0 aromatic rings. The van der Waals surface area contributed by atoms with Gasteiger partial charge in [-0.25, -0.2) is 0 Å². The molecule has 8 fully saturated rings. The molecule has 0 aliphatic heterocycles. The highest BCUT2D eigenvalue weighted by molar-refractivity contribution is 5.18. The van der Waals surface area contributed by atoms with E-state index in [1.807, 2.05) is 0 Å². The van der Waals surface area contributed by atoms with Gasteiger partial charge in [-0.3, -0.25) is 0 Å². The van der Waals surface area contributed by atoms with Gasteiger partial charge in [-0.15, -0.1) is 0 Å². The van der Waals surface area contributed by atoms with Crippen LogP contribution in [0, 0.1) is 46.8 Å². The summed E-state index contributed by atoms with van der Waals surface area (Å²) in [6.45, 7) is 0. The van der Waals surface area contributed by atoms with E-state index >= 15 is 0 Å². The van der Waals surface area contributed by atoms with Gasteiger partial charge in [0.1, 0.15) is 0 Å². The highest BCUT2D eigenvalue weighted by Gasteiger charge is 2.68. The highest BCUT2D eigenvalue weighted by Crippen LogP contribution is 2.71. The summed E-state index contributed by atoms with van der Waals surface area (Å²) in [5.41, 5.74) is 0.126. The lowest BCUT2D eigenvalue weighted by molar-refractivity contribution is -0.274. The van der Waals surface area contributed by atoms with Crippen LogP contribution in [0.25, 0.3) is 0 Å². The van der Waals surface area contributed by atoms with Crippen molar-refractivity contribution in [3.8, 4) is 0 Å². The minimum absolute atomic E-state index is 0.240. The van der Waals surface area contributed by atoms with Crippen LogP contribution in [0.2, 0.25) is 0 Å². The standard InChI is InChI=1S/C20H30O/c21-20(17-5-12-1-13(7-17)8-18(20)6-12)19-9-14-2-15(10-19)4-16(3-14)11-19/h12-18,21H,1-11H2. The lowest BCUT2D eigenvalue weighted by Crippen LogP contribution is -2.69. The quantitative estimate of drug-likeness (QED) is 0.758. The Morgan fingerprint density at radius 2 is 0.905 bits per heavy atom. The first-order chi connectivity index (χ1) is 10.1. The number of hydrogen-bond donors (Lipinski definition) is 1. The average molecular weight is 286 g/mol. The van der Waals surface area contributed by atoms with E-state index in [2.05, 4.69) is 0 Å². The van der Waals surface area contributed by atoms with E-state index in [-0.39, 0.29) is 5.60 Å². The topological polar surface area (TPSA) is 20.2 Å². The van der Waals surface area contributed by atoms with E-state index < -0.39 is 0 Å². The number of aliphatic hydroxyl groups is 1. The maximum atomic E-state index is 12.2. The third-order valence-corrected chi connectivity index (χ3v) is 9.27. The summed E-state index contributed by atoms with van der Waals surface area (Å²) in [5, 5.41) is 12.2. The minimum Gasteiger partial charge on any atom is -0.389 e. The van der Waals surface area contributed by atoms with Crippen LogP contribution in [-0.2, 0) is 0 Å². The second-order valence-electron chi connectivity index (χ2n) is 10.3. The first-order valence-corrected chi connectivity index (χ1v) is 9.87. The Morgan fingerprint density at radius 1 is 0.524 bits per heavy atom. The zero-order valence-corrected chi connectivity index (χ0v) is 13.3. The van der Waals surface area contributed by atoms with E-state index in [0.29, 0.717) is 17.3 Å². The van der Waals surface area contributed by atoms with Crippen molar-refractivity contribution in [2.24, 2.45) is 46.8 Å². The molecule has 0 spiro atoms. The van der Waals surface area contributed by atoms with Crippen molar-refractivity contribution in [1.82, 2.24) is 0 Å². The fraction of sp³-hybridized carbons (Fsp3) is 1.00. The Bertz CT molecular complexity index is 415. The van der Waals surface area contributed by atoms with Crippen LogP contribution in [0.5, 0.6) is 0 Å². The molecular weight excluding hydrogens is 256 g/mol. The second-order valence-corrected chi connectivity index (χ2v) is 10.3. The number of hydrogen-bond acceptors (Lipinski definition) is 1. The molecule has 0 unspecified atom stereocenters. The van der Waals surface area contributed by atoms with Crippen molar-refractivity contribution in [3.63, 3.8) is 0 Å². The molecule has 0 aromatic carbocycles. The molecule has 0 aromatic heterocycles. The molecule has 1 nitrogen and oxygen atoms in total. The Labute approximate surface area is 128 Å². The van der Waals surface area contributed by atoms with Crippen molar-refractivity contribution in [3.05, 3.63) is 0 Å². The molecule has 0 atom stereocenters. The first-order valence-electron chi connectivity index (χ1n) is 9.87. The molecule has 8 bridgehead atoms. The number of rotatable bonds is 1.